The van der Waals surface area contributed by atoms with E-state index in [0.29, 0.717) is 3.92 Å². The smallest absolute Gasteiger partial charge is 0.410 e. The van der Waals surface area contributed by atoms with Crippen LogP contribution in [-0.4, -0.2) is 34.1 Å². The molecule has 0 aromatic carbocycles. The van der Waals surface area contributed by atoms with Gasteiger partial charge in [-0.05, 0) is 27.2 Å². The average molecular weight is 313 g/mol. The molecule has 0 aliphatic heterocycles. The summed E-state index contributed by atoms with van der Waals surface area (Å²) in [4.78, 5) is 13.1. The molecule has 14 heavy (non-hydrogen) atoms. The average Bonchev–Trinajstić information content (AvgIpc) is 1.96. The van der Waals surface area contributed by atoms with Crippen LogP contribution in [0, 0.1) is 0 Å². The minimum atomic E-state index is -0.402. The van der Waals surface area contributed by atoms with Crippen molar-refractivity contribution in [2.75, 3.05) is 13.6 Å². The summed E-state index contributed by atoms with van der Waals surface area (Å²) in [5, 5.41) is 0. The van der Waals surface area contributed by atoms with Crippen LogP contribution in [0.4, 0.5) is 4.79 Å². The molecule has 1 amide bonds. The highest BCUT2D eigenvalue weighted by Gasteiger charge is 2.19. The fourth-order valence-corrected chi connectivity index (χ4v) is 1.08. The van der Waals surface area contributed by atoms with Crippen LogP contribution >= 0.6 is 22.6 Å². The second-order valence-corrected chi connectivity index (χ2v) is 6.60. The zero-order chi connectivity index (χ0) is 11.4. The fourth-order valence-electron chi connectivity index (χ4n) is 0.803. The summed E-state index contributed by atoms with van der Waals surface area (Å²) < 4.78 is 5.80. The predicted octanol–water partition coefficient (Wildman–Crippen LogP) is 3.07. The highest BCUT2D eigenvalue weighted by atomic mass is 127. The van der Waals surface area contributed by atoms with Gasteiger partial charge in [0, 0.05) is 17.5 Å². The third-order valence-electron chi connectivity index (χ3n) is 1.57. The number of hydrogen-bond acceptors (Lipinski definition) is 2. The number of ether oxygens (including phenoxy) is 1. The molecule has 1 atom stereocenters. The maximum atomic E-state index is 11.5. The van der Waals surface area contributed by atoms with Crippen molar-refractivity contribution in [2.24, 2.45) is 0 Å². The number of amides is 1. The predicted molar refractivity (Wildman–Crippen MR) is 67.0 cm³/mol. The minimum absolute atomic E-state index is 0.241. The zero-order valence-electron chi connectivity index (χ0n) is 9.63. The van der Waals surface area contributed by atoms with Gasteiger partial charge >= 0.3 is 6.09 Å². The van der Waals surface area contributed by atoms with E-state index in [-0.39, 0.29) is 6.09 Å². The fraction of sp³-hybridized carbons (Fsp3) is 0.900. The molecule has 0 heterocycles. The van der Waals surface area contributed by atoms with Crippen molar-refractivity contribution in [3.63, 3.8) is 0 Å². The second-order valence-electron chi connectivity index (χ2n) is 4.47. The van der Waals surface area contributed by atoms with E-state index in [9.17, 15) is 4.79 Å². The summed E-state index contributed by atoms with van der Waals surface area (Å²) in [6, 6.07) is 0. The Kier molecular flexibility index (Phi) is 5.78. The molecular formula is C10H20INO2. The van der Waals surface area contributed by atoms with E-state index in [1.54, 1.807) is 11.9 Å². The molecule has 0 saturated heterocycles. The Hall–Kier alpha value is 0. The van der Waals surface area contributed by atoms with Gasteiger partial charge in [0.2, 0.25) is 0 Å². The summed E-state index contributed by atoms with van der Waals surface area (Å²) in [6.07, 6.45) is 0.755. The van der Waals surface area contributed by atoms with E-state index < -0.39 is 5.60 Å². The summed E-state index contributed by atoms with van der Waals surface area (Å²) >= 11 is 2.35. The van der Waals surface area contributed by atoms with Crippen LogP contribution in [-0.2, 0) is 4.74 Å². The maximum Gasteiger partial charge on any atom is 0.410 e. The first-order valence-corrected chi connectivity index (χ1v) is 6.05. The molecule has 3 nitrogen and oxygen atoms in total. The van der Waals surface area contributed by atoms with Gasteiger partial charge in [-0.1, -0.05) is 29.5 Å². The van der Waals surface area contributed by atoms with E-state index in [1.807, 2.05) is 20.8 Å². The largest absolute Gasteiger partial charge is 0.444 e. The molecule has 0 aromatic rings. The van der Waals surface area contributed by atoms with Gasteiger partial charge in [-0.15, -0.1) is 0 Å². The van der Waals surface area contributed by atoms with Crippen LogP contribution in [0.3, 0.4) is 0 Å². The van der Waals surface area contributed by atoms with Gasteiger partial charge in [0.05, 0.1) is 0 Å². The summed E-state index contributed by atoms with van der Waals surface area (Å²) in [5.74, 6) is 0. The number of carbonyl (C=O) groups is 1. The molecule has 0 bridgehead atoms. The third kappa shape index (κ3) is 7.41. The van der Waals surface area contributed by atoms with Gasteiger partial charge in [-0.3, -0.25) is 0 Å². The lowest BCUT2D eigenvalue weighted by Crippen LogP contribution is -2.35. The van der Waals surface area contributed by atoms with Gasteiger partial charge in [-0.2, -0.15) is 0 Å². The van der Waals surface area contributed by atoms with Gasteiger partial charge in [0.25, 0.3) is 0 Å². The van der Waals surface area contributed by atoms with Crippen molar-refractivity contribution in [1.29, 1.82) is 0 Å². The molecule has 0 aromatic heterocycles. The normalized spacial score (nSPS) is 13.6. The van der Waals surface area contributed by atoms with E-state index in [1.165, 1.54) is 0 Å². The van der Waals surface area contributed by atoms with Crippen LogP contribution in [0.15, 0.2) is 0 Å². The SMILES string of the molecule is CC(I)CCN(C)C(=O)OC(C)(C)C. The van der Waals surface area contributed by atoms with Crippen molar-refractivity contribution < 1.29 is 9.53 Å². The maximum absolute atomic E-state index is 11.5. The lowest BCUT2D eigenvalue weighted by atomic mass is 10.2. The van der Waals surface area contributed by atoms with Crippen LogP contribution in [0.2, 0.25) is 0 Å². The molecule has 0 aliphatic rings. The number of hydrogen-bond donors (Lipinski definition) is 0. The molecule has 1 unspecified atom stereocenters. The monoisotopic (exact) mass is 313 g/mol. The van der Waals surface area contributed by atoms with Crippen molar-refractivity contribution >= 4 is 28.7 Å². The first-order chi connectivity index (χ1) is 6.22. The Morgan fingerprint density at radius 1 is 1.50 bits per heavy atom. The van der Waals surface area contributed by atoms with Crippen molar-refractivity contribution in [3.8, 4) is 0 Å². The third-order valence-corrected chi connectivity index (χ3v) is 2.19. The lowest BCUT2D eigenvalue weighted by Gasteiger charge is -2.24. The van der Waals surface area contributed by atoms with Crippen molar-refractivity contribution in [3.05, 3.63) is 0 Å². The number of alkyl halides is 1. The van der Waals surface area contributed by atoms with E-state index in [4.69, 9.17) is 4.74 Å². The lowest BCUT2D eigenvalue weighted by molar-refractivity contribution is 0.0298. The highest BCUT2D eigenvalue weighted by molar-refractivity contribution is 14.1. The topological polar surface area (TPSA) is 29.5 Å². The summed E-state index contributed by atoms with van der Waals surface area (Å²) in [7, 11) is 1.77. The first kappa shape index (κ1) is 14.0. The minimum Gasteiger partial charge on any atom is -0.444 e. The molecule has 0 N–H and O–H groups in total. The van der Waals surface area contributed by atoms with E-state index >= 15 is 0 Å². The molecule has 0 radical (unpaired) electrons. The Labute approximate surface area is 100 Å². The van der Waals surface area contributed by atoms with Gasteiger partial charge in [-0.25, -0.2) is 4.79 Å². The molecule has 0 spiro atoms. The quantitative estimate of drug-likeness (QED) is 0.592. The second kappa shape index (κ2) is 5.78. The van der Waals surface area contributed by atoms with Gasteiger partial charge < -0.3 is 9.64 Å². The number of rotatable bonds is 3. The first-order valence-electron chi connectivity index (χ1n) is 4.80. The Morgan fingerprint density at radius 2 is 2.00 bits per heavy atom. The van der Waals surface area contributed by atoms with E-state index in [2.05, 4.69) is 29.5 Å². The molecular weight excluding hydrogens is 293 g/mol. The summed E-state index contributed by atoms with van der Waals surface area (Å²) in [5.41, 5.74) is -0.402. The highest BCUT2D eigenvalue weighted by Crippen LogP contribution is 2.10. The number of nitrogens with zero attached hydrogens (tertiary/aromatic N) is 1. The summed E-state index contributed by atoms with van der Waals surface area (Å²) in [6.45, 7) is 8.50. The zero-order valence-corrected chi connectivity index (χ0v) is 11.8. The molecule has 0 aliphatic carbocycles. The van der Waals surface area contributed by atoms with Crippen LogP contribution in [0.1, 0.15) is 34.1 Å². The van der Waals surface area contributed by atoms with Crippen LogP contribution in [0.25, 0.3) is 0 Å². The van der Waals surface area contributed by atoms with Crippen molar-refractivity contribution in [1.82, 2.24) is 4.90 Å². The molecule has 0 saturated carbocycles. The Bertz CT molecular complexity index is 187. The Morgan fingerprint density at radius 3 is 2.36 bits per heavy atom. The van der Waals surface area contributed by atoms with Gasteiger partial charge in [0.15, 0.2) is 0 Å². The molecule has 4 heteroatoms. The van der Waals surface area contributed by atoms with E-state index in [0.717, 1.165) is 13.0 Å². The van der Waals surface area contributed by atoms with Crippen LogP contribution in [0.5, 0.6) is 0 Å². The Balaban J connectivity index is 3.88. The number of halogens is 1. The van der Waals surface area contributed by atoms with Gasteiger partial charge in [0.1, 0.15) is 5.60 Å². The molecule has 0 fully saturated rings. The molecule has 84 valence electrons. The standard InChI is InChI=1S/C10H20INO2/c1-8(11)6-7-12(5)9(13)14-10(2,3)4/h8H,6-7H2,1-5H3. The van der Waals surface area contributed by atoms with Crippen LogP contribution < -0.4 is 0 Å². The van der Waals surface area contributed by atoms with Crippen molar-refractivity contribution in [2.45, 2.75) is 43.6 Å². The molecule has 0 rings (SSSR count). The number of carbonyl (C=O) groups excluding carboxylic acids is 1.